The van der Waals surface area contributed by atoms with Gasteiger partial charge in [0.25, 0.3) is 0 Å². The second-order valence-corrected chi connectivity index (χ2v) is 8.23. The molecule has 0 saturated carbocycles. The fraction of sp³-hybridized carbons (Fsp3) is 0.348. The Balaban J connectivity index is 1.44. The molecule has 0 radical (unpaired) electrons. The van der Waals surface area contributed by atoms with Gasteiger partial charge in [0.05, 0.1) is 12.8 Å². The zero-order valence-electron chi connectivity index (χ0n) is 19.6. The van der Waals surface area contributed by atoms with E-state index in [9.17, 15) is 9.59 Å². The van der Waals surface area contributed by atoms with Crippen LogP contribution in [0.2, 0.25) is 0 Å². The summed E-state index contributed by atoms with van der Waals surface area (Å²) in [7, 11) is 1.31. The second kappa shape index (κ2) is 9.77. The number of anilines is 4. The number of pyridine rings is 1. The molecule has 1 fully saturated rings. The van der Waals surface area contributed by atoms with E-state index in [2.05, 4.69) is 49.2 Å². The predicted octanol–water partition coefficient (Wildman–Crippen LogP) is 3.03. The summed E-state index contributed by atoms with van der Waals surface area (Å²) < 4.78 is 6.26. The van der Waals surface area contributed by atoms with Gasteiger partial charge >= 0.3 is 6.09 Å². The van der Waals surface area contributed by atoms with Gasteiger partial charge in [0.2, 0.25) is 11.9 Å². The van der Waals surface area contributed by atoms with Crippen molar-refractivity contribution in [2.24, 2.45) is 0 Å². The number of hydrogen-bond acceptors (Lipinski definition) is 8. The molecule has 1 saturated heterocycles. The van der Waals surface area contributed by atoms with Crippen molar-refractivity contribution < 1.29 is 14.3 Å². The average Bonchev–Trinajstić information content (AvgIpc) is 3.28. The molecule has 2 amide bonds. The molecule has 0 unspecified atom stereocenters. The lowest BCUT2D eigenvalue weighted by Gasteiger charge is -2.44. The van der Waals surface area contributed by atoms with E-state index in [0.29, 0.717) is 24.7 Å². The molecule has 3 aromatic rings. The van der Waals surface area contributed by atoms with E-state index < -0.39 is 6.09 Å². The van der Waals surface area contributed by atoms with Gasteiger partial charge in [0.1, 0.15) is 12.1 Å². The lowest BCUT2D eigenvalue weighted by atomic mass is 10.1. The smallest absolute Gasteiger partial charge is 0.411 e. The molecule has 1 aromatic carbocycles. The Bertz CT molecular complexity index is 1150. The maximum atomic E-state index is 12.0. The maximum absolute atomic E-state index is 12.0. The Labute approximate surface area is 197 Å². The maximum Gasteiger partial charge on any atom is 0.411 e. The first-order chi connectivity index (χ1) is 16.3. The van der Waals surface area contributed by atoms with E-state index >= 15 is 0 Å². The summed E-state index contributed by atoms with van der Waals surface area (Å²) in [6, 6.07) is 11.1. The van der Waals surface area contributed by atoms with E-state index in [4.69, 9.17) is 0 Å². The van der Waals surface area contributed by atoms with Gasteiger partial charge in [-0.2, -0.15) is 4.98 Å². The van der Waals surface area contributed by atoms with Gasteiger partial charge in [0.15, 0.2) is 0 Å². The van der Waals surface area contributed by atoms with E-state index in [1.807, 2.05) is 17.0 Å². The van der Waals surface area contributed by atoms with E-state index in [-0.39, 0.29) is 18.0 Å². The Kier molecular flexibility index (Phi) is 6.62. The Morgan fingerprint density at radius 2 is 1.71 bits per heavy atom. The summed E-state index contributed by atoms with van der Waals surface area (Å²) in [5, 5.41) is 10.3. The van der Waals surface area contributed by atoms with Gasteiger partial charge < -0.3 is 19.9 Å². The van der Waals surface area contributed by atoms with Crippen LogP contribution in [0.1, 0.15) is 20.8 Å². The summed E-state index contributed by atoms with van der Waals surface area (Å²) in [6.07, 6.45) is 2.86. The number of rotatable bonds is 5. The highest BCUT2D eigenvalue weighted by Gasteiger charge is 2.31. The van der Waals surface area contributed by atoms with Crippen molar-refractivity contribution in [2.75, 3.05) is 35.7 Å². The lowest BCUT2D eigenvalue weighted by molar-refractivity contribution is -0.133. The normalized spacial score (nSPS) is 17.9. The van der Waals surface area contributed by atoms with Gasteiger partial charge in [-0.3, -0.25) is 10.1 Å². The fourth-order valence-electron chi connectivity index (χ4n) is 4.23. The number of hydrogen-bond donors (Lipinski definition) is 2. The second-order valence-electron chi connectivity index (χ2n) is 8.23. The number of amides is 2. The van der Waals surface area contributed by atoms with Crippen molar-refractivity contribution in [3.8, 4) is 5.69 Å². The van der Waals surface area contributed by atoms with Crippen LogP contribution in [0, 0.1) is 0 Å². The highest BCUT2D eigenvalue weighted by atomic mass is 16.5. The molecule has 178 valence electrons. The van der Waals surface area contributed by atoms with Crippen molar-refractivity contribution in [2.45, 2.75) is 32.9 Å². The number of carbonyl (C=O) groups excluding carboxylic acids is 2. The molecule has 2 atom stereocenters. The van der Waals surface area contributed by atoms with Crippen LogP contribution >= 0.6 is 0 Å². The molecule has 0 spiro atoms. The van der Waals surface area contributed by atoms with Crippen molar-refractivity contribution in [3.63, 3.8) is 0 Å². The molecule has 0 bridgehead atoms. The van der Waals surface area contributed by atoms with Crippen molar-refractivity contribution in [1.29, 1.82) is 0 Å². The first-order valence-corrected chi connectivity index (χ1v) is 11.0. The Morgan fingerprint density at radius 1 is 1.03 bits per heavy atom. The molecular weight excluding hydrogens is 436 g/mol. The van der Waals surface area contributed by atoms with Crippen LogP contribution in [-0.2, 0) is 9.53 Å². The molecule has 3 heterocycles. The number of carbonyl (C=O) groups is 2. The number of aromatic nitrogens is 4. The van der Waals surface area contributed by atoms with Crippen LogP contribution in [-0.4, -0.2) is 68.9 Å². The first-order valence-electron chi connectivity index (χ1n) is 11.0. The number of ether oxygens (including phenoxy) is 1. The third-order valence-corrected chi connectivity index (χ3v) is 5.66. The minimum Gasteiger partial charge on any atom is -0.453 e. The quantitative estimate of drug-likeness (QED) is 0.592. The molecule has 2 aromatic heterocycles. The third kappa shape index (κ3) is 5.08. The minimum absolute atomic E-state index is 0.0957. The standard InChI is InChI=1S/C23H28N8O3/c1-15-12-29(13-16(2)31(15)17(3)32)21-11-20(9-10-24-21)30-14-25-22(28-30)26-18-5-7-19(8-6-18)27-23(33)34-4/h5-11,14-16H,12-13H2,1-4H3,(H,26,28)(H,27,33)/t15-,16+. The molecule has 0 aliphatic carbocycles. The summed E-state index contributed by atoms with van der Waals surface area (Å²) in [4.78, 5) is 36.3. The van der Waals surface area contributed by atoms with Crippen LogP contribution in [0.25, 0.3) is 5.69 Å². The van der Waals surface area contributed by atoms with Gasteiger partial charge in [0, 0.05) is 55.7 Å². The van der Waals surface area contributed by atoms with Gasteiger partial charge in [-0.05, 0) is 44.2 Å². The van der Waals surface area contributed by atoms with E-state index in [0.717, 1.165) is 17.2 Å². The Morgan fingerprint density at radius 3 is 2.35 bits per heavy atom. The topological polar surface area (TPSA) is 118 Å². The van der Waals surface area contributed by atoms with Crippen LogP contribution in [0.5, 0.6) is 0 Å². The highest BCUT2D eigenvalue weighted by Crippen LogP contribution is 2.23. The van der Waals surface area contributed by atoms with E-state index in [1.54, 1.807) is 48.4 Å². The number of benzene rings is 1. The van der Waals surface area contributed by atoms with Crippen molar-refractivity contribution >= 4 is 35.1 Å². The van der Waals surface area contributed by atoms with Crippen molar-refractivity contribution in [3.05, 3.63) is 48.9 Å². The summed E-state index contributed by atoms with van der Waals surface area (Å²) >= 11 is 0. The number of piperazine rings is 1. The zero-order valence-corrected chi connectivity index (χ0v) is 19.6. The molecular formula is C23H28N8O3. The SMILES string of the molecule is COC(=O)Nc1ccc(Nc2ncn(-c3ccnc(N4C[C@@H](C)N(C(C)=O)[C@@H](C)C4)c3)n2)cc1. The highest BCUT2D eigenvalue weighted by molar-refractivity contribution is 5.84. The fourth-order valence-corrected chi connectivity index (χ4v) is 4.23. The monoisotopic (exact) mass is 464 g/mol. The molecule has 1 aliphatic rings. The molecule has 2 N–H and O–H groups in total. The number of nitrogens with one attached hydrogen (secondary N) is 2. The van der Waals surface area contributed by atoms with Crippen LogP contribution in [0.3, 0.4) is 0 Å². The summed E-state index contributed by atoms with van der Waals surface area (Å²) in [6.45, 7) is 7.16. The van der Waals surface area contributed by atoms with Gasteiger partial charge in [-0.1, -0.05) is 0 Å². The predicted molar refractivity (Wildman–Crippen MR) is 129 cm³/mol. The van der Waals surface area contributed by atoms with Gasteiger partial charge in [-0.15, -0.1) is 5.10 Å². The zero-order chi connectivity index (χ0) is 24.2. The molecule has 11 nitrogen and oxygen atoms in total. The average molecular weight is 465 g/mol. The lowest BCUT2D eigenvalue weighted by Crippen LogP contribution is -2.58. The largest absolute Gasteiger partial charge is 0.453 e. The third-order valence-electron chi connectivity index (χ3n) is 5.66. The van der Waals surface area contributed by atoms with E-state index in [1.165, 1.54) is 7.11 Å². The minimum atomic E-state index is -0.525. The van der Waals surface area contributed by atoms with Crippen LogP contribution in [0.15, 0.2) is 48.9 Å². The number of nitrogens with zero attached hydrogens (tertiary/aromatic N) is 6. The molecule has 34 heavy (non-hydrogen) atoms. The van der Waals surface area contributed by atoms with Crippen LogP contribution < -0.4 is 15.5 Å². The number of methoxy groups -OCH3 is 1. The summed E-state index contributed by atoms with van der Waals surface area (Å²) in [5.74, 6) is 1.36. The first kappa shape index (κ1) is 23.0. The Hall–Kier alpha value is -4.15. The summed E-state index contributed by atoms with van der Waals surface area (Å²) in [5.41, 5.74) is 2.22. The molecule has 1 aliphatic heterocycles. The molecule has 11 heteroatoms. The van der Waals surface area contributed by atoms with Crippen LogP contribution in [0.4, 0.5) is 27.9 Å². The van der Waals surface area contributed by atoms with Gasteiger partial charge in [-0.25, -0.2) is 14.5 Å². The van der Waals surface area contributed by atoms with Crippen molar-refractivity contribution in [1.82, 2.24) is 24.6 Å². The molecule has 4 rings (SSSR count).